The number of carboxylic acids is 2. The number of pyridine rings is 1. The molecule has 1 aliphatic rings. The van der Waals surface area contributed by atoms with Crippen LogP contribution in [0.25, 0.3) is 0 Å². The van der Waals surface area contributed by atoms with E-state index < -0.39 is 11.9 Å². The Kier molecular flexibility index (Phi) is 12.9. The van der Waals surface area contributed by atoms with E-state index in [0.717, 1.165) is 37.2 Å². The average molecular weight is 649 g/mol. The number of carboxylic acid groups (broad SMARTS) is 2. The first kappa shape index (κ1) is 34.9. The number of Topliss-reactive ketones (excluding diaryl/α,β-unsaturated/α-hetero) is 1. The van der Waals surface area contributed by atoms with Crippen molar-refractivity contribution in [3.8, 4) is 0 Å². The van der Waals surface area contributed by atoms with Crippen LogP contribution in [-0.2, 0) is 9.59 Å². The van der Waals surface area contributed by atoms with Crippen LogP contribution in [0.4, 0.5) is 11.4 Å². The average Bonchev–Trinajstić information content (AvgIpc) is 3.12. The number of benzene rings is 3. The van der Waals surface area contributed by atoms with Crippen LogP contribution < -0.4 is 10.2 Å². The van der Waals surface area contributed by atoms with Gasteiger partial charge in [-0.1, -0.05) is 48.5 Å². The maximum absolute atomic E-state index is 13.6. The molecule has 0 unspecified atom stereocenters. The van der Waals surface area contributed by atoms with Crippen LogP contribution in [-0.4, -0.2) is 75.8 Å². The molecule has 1 aromatic heterocycles. The fourth-order valence-electron chi connectivity index (χ4n) is 5.15. The zero-order valence-electron chi connectivity index (χ0n) is 26.1. The number of likely N-dealkylation sites (tertiary alicyclic amines) is 1. The van der Waals surface area contributed by atoms with Gasteiger partial charge in [-0.2, -0.15) is 0 Å². The molecule has 0 radical (unpaired) electrons. The molecule has 0 atom stereocenters. The van der Waals surface area contributed by atoms with Gasteiger partial charge < -0.3 is 25.3 Å². The largest absolute Gasteiger partial charge is 0.478 e. The molecule has 1 fully saturated rings. The van der Waals surface area contributed by atoms with Crippen molar-refractivity contribution in [2.75, 3.05) is 36.4 Å². The van der Waals surface area contributed by atoms with E-state index in [1.807, 2.05) is 60.7 Å². The molecule has 3 N–H and O–H groups in total. The number of aromatic nitrogens is 1. The Labute approximate surface area is 278 Å². The first-order valence-corrected chi connectivity index (χ1v) is 15.3. The number of ketones is 1. The van der Waals surface area contributed by atoms with Crippen molar-refractivity contribution in [2.45, 2.75) is 12.8 Å². The van der Waals surface area contributed by atoms with Gasteiger partial charge in [0, 0.05) is 59.7 Å². The van der Waals surface area contributed by atoms with E-state index in [-0.39, 0.29) is 23.5 Å². The minimum Gasteiger partial charge on any atom is -0.478 e. The third-order valence-corrected chi connectivity index (χ3v) is 7.65. The van der Waals surface area contributed by atoms with Crippen molar-refractivity contribution >= 4 is 40.9 Å². The predicted molar refractivity (Wildman–Crippen MR) is 181 cm³/mol. The summed E-state index contributed by atoms with van der Waals surface area (Å²) in [6, 6.07) is 29.1. The van der Waals surface area contributed by atoms with Gasteiger partial charge in [0.05, 0.1) is 11.9 Å². The summed E-state index contributed by atoms with van der Waals surface area (Å²) in [6.07, 6.45) is 6.11. The van der Waals surface area contributed by atoms with Gasteiger partial charge in [-0.15, -0.1) is 0 Å². The Hall–Kier alpha value is -5.94. The molecule has 5 rings (SSSR count). The van der Waals surface area contributed by atoms with Gasteiger partial charge in [-0.25, -0.2) is 9.59 Å². The van der Waals surface area contributed by atoms with Crippen LogP contribution in [0.3, 0.4) is 0 Å². The summed E-state index contributed by atoms with van der Waals surface area (Å²) in [6.45, 7) is 2.81. The third kappa shape index (κ3) is 10.6. The van der Waals surface area contributed by atoms with Crippen LogP contribution in [0.15, 0.2) is 122 Å². The summed E-state index contributed by atoms with van der Waals surface area (Å²) in [5.74, 6) is -2.60. The molecule has 11 nitrogen and oxygen atoms in total. The van der Waals surface area contributed by atoms with E-state index in [4.69, 9.17) is 10.2 Å². The number of anilines is 2. The fraction of sp³-hybridized carbons (Fsp3) is 0.189. The third-order valence-electron chi connectivity index (χ3n) is 7.65. The molecule has 3 aromatic carbocycles. The molecule has 0 bridgehead atoms. The van der Waals surface area contributed by atoms with Crippen LogP contribution in [0, 0.1) is 5.92 Å². The number of carbonyl (C=O) groups excluding carboxylic acids is 3. The first-order valence-electron chi connectivity index (χ1n) is 15.3. The van der Waals surface area contributed by atoms with Crippen LogP contribution in [0.5, 0.6) is 0 Å². The summed E-state index contributed by atoms with van der Waals surface area (Å²) >= 11 is 0. The summed E-state index contributed by atoms with van der Waals surface area (Å²) in [7, 11) is 0. The van der Waals surface area contributed by atoms with Crippen molar-refractivity contribution in [1.82, 2.24) is 9.88 Å². The first-order chi connectivity index (χ1) is 23.2. The van der Waals surface area contributed by atoms with Gasteiger partial charge in [0.2, 0.25) is 0 Å². The lowest BCUT2D eigenvalue weighted by Crippen LogP contribution is -2.43. The zero-order valence-corrected chi connectivity index (χ0v) is 26.1. The van der Waals surface area contributed by atoms with Gasteiger partial charge in [0.25, 0.3) is 11.8 Å². The minimum atomic E-state index is -1.26. The summed E-state index contributed by atoms with van der Waals surface area (Å²) < 4.78 is 0. The molecule has 11 heteroatoms. The standard InChI is InChI=1S/C33H32N4O3.C4H4O4/c38-31(25-8-3-1-4-9-25)26-17-20-36(21-18-26)22-23-37(30-12-7-19-34-24-30)33(40)28-13-15-29(16-14-28)35-32(39)27-10-5-2-6-11-27;5-3(6)1-2-4(7)8/h1-16,19,24,26H,17-18,20-23H2,(H,35,39);1-2H,(H,5,6)(H,7,8)/b;2-1+. The van der Waals surface area contributed by atoms with Crippen LogP contribution in [0.1, 0.15) is 43.9 Å². The topological polar surface area (TPSA) is 157 Å². The number of nitrogens with zero attached hydrogens (tertiary/aromatic N) is 3. The van der Waals surface area contributed by atoms with Gasteiger partial charge in [0.1, 0.15) is 0 Å². The van der Waals surface area contributed by atoms with Gasteiger partial charge in [-0.05, 0) is 74.5 Å². The van der Waals surface area contributed by atoms with Crippen molar-refractivity contribution in [3.63, 3.8) is 0 Å². The normalized spacial score (nSPS) is 13.2. The van der Waals surface area contributed by atoms with Crippen molar-refractivity contribution in [3.05, 3.63) is 138 Å². The Balaban J connectivity index is 0.000000579. The van der Waals surface area contributed by atoms with Gasteiger partial charge in [0.15, 0.2) is 5.78 Å². The second-order valence-electron chi connectivity index (χ2n) is 10.9. The summed E-state index contributed by atoms with van der Waals surface area (Å²) in [5.41, 5.74) is 3.21. The highest BCUT2D eigenvalue weighted by atomic mass is 16.4. The molecule has 48 heavy (non-hydrogen) atoms. The molecule has 0 saturated carbocycles. The smallest absolute Gasteiger partial charge is 0.328 e. The SMILES string of the molecule is O=C(Nc1ccc(C(=O)N(CCN2CCC(C(=O)c3ccccc3)CC2)c2cccnc2)cc1)c1ccccc1.O=C(O)/C=C/C(=O)O. The number of hydrogen-bond donors (Lipinski definition) is 3. The number of aliphatic carboxylic acids is 2. The lowest BCUT2D eigenvalue weighted by atomic mass is 9.89. The minimum absolute atomic E-state index is 0.0376. The lowest BCUT2D eigenvalue weighted by molar-refractivity contribution is -0.134. The molecule has 0 spiro atoms. The number of nitrogens with one attached hydrogen (secondary N) is 1. The molecule has 1 aliphatic heterocycles. The molecule has 246 valence electrons. The molecule has 2 amide bonds. The highest BCUT2D eigenvalue weighted by molar-refractivity contribution is 6.07. The fourth-order valence-corrected chi connectivity index (χ4v) is 5.15. The Bertz CT molecular complexity index is 1690. The molecular weight excluding hydrogens is 612 g/mol. The lowest BCUT2D eigenvalue weighted by Gasteiger charge is -2.33. The Morgan fingerprint density at radius 3 is 1.88 bits per heavy atom. The van der Waals surface area contributed by atoms with Crippen molar-refractivity contribution < 1.29 is 34.2 Å². The second-order valence-corrected chi connectivity index (χ2v) is 10.9. The maximum Gasteiger partial charge on any atom is 0.328 e. The highest BCUT2D eigenvalue weighted by Gasteiger charge is 2.27. The van der Waals surface area contributed by atoms with Gasteiger partial charge in [-0.3, -0.25) is 19.4 Å². The number of rotatable bonds is 11. The number of amides is 2. The predicted octanol–water partition coefficient (Wildman–Crippen LogP) is 5.29. The quantitative estimate of drug-likeness (QED) is 0.145. The zero-order chi connectivity index (χ0) is 34.3. The van der Waals surface area contributed by atoms with E-state index >= 15 is 0 Å². The van der Waals surface area contributed by atoms with E-state index in [9.17, 15) is 24.0 Å². The molecule has 2 heterocycles. The van der Waals surface area contributed by atoms with E-state index in [1.165, 1.54) is 0 Å². The molecule has 1 saturated heterocycles. The summed E-state index contributed by atoms with van der Waals surface area (Å²) in [5, 5.41) is 18.5. The second kappa shape index (κ2) is 17.7. The van der Waals surface area contributed by atoms with Crippen LogP contribution in [0.2, 0.25) is 0 Å². The molecule has 0 aliphatic carbocycles. The number of carbonyl (C=O) groups is 5. The van der Waals surface area contributed by atoms with Crippen molar-refractivity contribution in [1.29, 1.82) is 0 Å². The van der Waals surface area contributed by atoms with E-state index in [1.54, 1.807) is 53.7 Å². The maximum atomic E-state index is 13.6. The Morgan fingerprint density at radius 2 is 1.33 bits per heavy atom. The van der Waals surface area contributed by atoms with Gasteiger partial charge >= 0.3 is 11.9 Å². The number of piperidine rings is 1. The van der Waals surface area contributed by atoms with Crippen molar-refractivity contribution in [2.24, 2.45) is 5.92 Å². The van der Waals surface area contributed by atoms with E-state index in [0.29, 0.717) is 42.1 Å². The summed E-state index contributed by atoms with van der Waals surface area (Å²) in [4.78, 5) is 66.3. The molecule has 4 aromatic rings. The highest BCUT2D eigenvalue weighted by Crippen LogP contribution is 2.23. The molecular formula is C37H36N4O7. The number of hydrogen-bond acceptors (Lipinski definition) is 7. The van der Waals surface area contributed by atoms with E-state index in [2.05, 4.69) is 15.2 Å². The monoisotopic (exact) mass is 648 g/mol. The Morgan fingerprint density at radius 1 is 0.750 bits per heavy atom. The van der Waals surface area contributed by atoms with Crippen LogP contribution >= 0.6 is 0 Å².